The first-order valence-electron chi connectivity index (χ1n) is 9.79. The van der Waals surface area contributed by atoms with Gasteiger partial charge in [-0.15, -0.1) is 0 Å². The molecule has 5 nitrogen and oxygen atoms in total. The van der Waals surface area contributed by atoms with Crippen LogP contribution in [0.4, 0.5) is 0 Å². The first-order chi connectivity index (χ1) is 12.6. The molecular weight excluding hydrogens is 328 g/mol. The Kier molecular flexibility index (Phi) is 6.54. The number of hydrogen-bond donors (Lipinski definition) is 0. The van der Waals surface area contributed by atoms with Crippen molar-refractivity contribution >= 4 is 5.91 Å². The van der Waals surface area contributed by atoms with Gasteiger partial charge in [0.1, 0.15) is 5.75 Å². The minimum absolute atomic E-state index is 0.189. The standard InChI is InChI=1S/C21H32N2O3/c1-16-14-22(15-17-5-4-6-20(13-17)26-3)11-12-23(16)21(24)18-7-9-19(25-2)10-8-18/h4-6,13,16,18-19H,7-12,14-15H2,1-3H3/t16-,18?,19?/m0/s1. The number of ether oxygens (including phenoxy) is 2. The normalized spacial score (nSPS) is 27.3. The molecule has 1 aliphatic heterocycles. The summed E-state index contributed by atoms with van der Waals surface area (Å²) in [6.07, 6.45) is 4.30. The fourth-order valence-corrected chi connectivity index (χ4v) is 4.31. The number of hydrogen-bond acceptors (Lipinski definition) is 4. The third-order valence-electron chi connectivity index (χ3n) is 5.89. The van der Waals surface area contributed by atoms with Crippen molar-refractivity contribution in [3.63, 3.8) is 0 Å². The van der Waals surface area contributed by atoms with E-state index in [0.29, 0.717) is 12.0 Å². The van der Waals surface area contributed by atoms with Gasteiger partial charge in [0.05, 0.1) is 13.2 Å². The Balaban J connectivity index is 1.52. The number of amides is 1. The molecule has 3 rings (SSSR count). The summed E-state index contributed by atoms with van der Waals surface area (Å²) < 4.78 is 10.7. The van der Waals surface area contributed by atoms with Crippen molar-refractivity contribution in [2.24, 2.45) is 5.92 Å². The summed E-state index contributed by atoms with van der Waals surface area (Å²) in [5.74, 6) is 1.44. The van der Waals surface area contributed by atoms with E-state index >= 15 is 0 Å². The molecule has 1 amide bonds. The molecule has 0 unspecified atom stereocenters. The van der Waals surface area contributed by atoms with E-state index in [4.69, 9.17) is 9.47 Å². The van der Waals surface area contributed by atoms with Gasteiger partial charge in [0.25, 0.3) is 0 Å². The van der Waals surface area contributed by atoms with Crippen molar-refractivity contribution in [2.75, 3.05) is 33.9 Å². The number of methoxy groups -OCH3 is 2. The summed E-state index contributed by atoms with van der Waals surface area (Å²) >= 11 is 0. The third kappa shape index (κ3) is 4.57. The molecule has 26 heavy (non-hydrogen) atoms. The average Bonchev–Trinajstić information content (AvgIpc) is 2.68. The quantitative estimate of drug-likeness (QED) is 0.810. The van der Waals surface area contributed by atoms with Crippen LogP contribution < -0.4 is 4.74 Å². The fourth-order valence-electron chi connectivity index (χ4n) is 4.31. The maximum atomic E-state index is 13.0. The summed E-state index contributed by atoms with van der Waals surface area (Å²) in [4.78, 5) is 17.5. The molecule has 0 radical (unpaired) electrons. The van der Waals surface area contributed by atoms with E-state index < -0.39 is 0 Å². The Labute approximate surface area is 157 Å². The summed E-state index contributed by atoms with van der Waals surface area (Å²) in [5, 5.41) is 0. The van der Waals surface area contributed by atoms with Crippen LogP contribution in [0.3, 0.4) is 0 Å². The zero-order chi connectivity index (χ0) is 18.5. The van der Waals surface area contributed by atoms with Crippen LogP contribution in [-0.2, 0) is 16.1 Å². The van der Waals surface area contributed by atoms with Gasteiger partial charge in [-0.05, 0) is 50.3 Å². The first-order valence-corrected chi connectivity index (χ1v) is 9.79. The summed E-state index contributed by atoms with van der Waals surface area (Å²) in [7, 11) is 3.47. The predicted molar refractivity (Wildman–Crippen MR) is 102 cm³/mol. The molecule has 1 saturated carbocycles. The molecule has 144 valence electrons. The third-order valence-corrected chi connectivity index (χ3v) is 5.89. The van der Waals surface area contributed by atoms with Gasteiger partial charge in [-0.2, -0.15) is 0 Å². The summed E-state index contributed by atoms with van der Waals surface area (Å²) in [6.45, 7) is 5.77. The molecule has 0 bridgehead atoms. The summed E-state index contributed by atoms with van der Waals surface area (Å²) in [6, 6.07) is 8.51. The lowest BCUT2D eigenvalue weighted by Crippen LogP contribution is -2.55. The maximum Gasteiger partial charge on any atom is 0.226 e. The molecule has 1 atom stereocenters. The van der Waals surface area contributed by atoms with Gasteiger partial charge < -0.3 is 14.4 Å². The minimum atomic E-state index is 0.189. The highest BCUT2D eigenvalue weighted by Gasteiger charge is 2.34. The number of rotatable bonds is 5. The average molecular weight is 360 g/mol. The van der Waals surface area contributed by atoms with Gasteiger partial charge in [-0.1, -0.05) is 12.1 Å². The smallest absolute Gasteiger partial charge is 0.226 e. The number of nitrogens with zero attached hydrogens (tertiary/aromatic N) is 2. The summed E-state index contributed by atoms with van der Waals surface area (Å²) in [5.41, 5.74) is 1.26. The highest BCUT2D eigenvalue weighted by Crippen LogP contribution is 2.29. The molecule has 1 aromatic rings. The van der Waals surface area contributed by atoms with Gasteiger partial charge in [-0.25, -0.2) is 0 Å². The highest BCUT2D eigenvalue weighted by atomic mass is 16.5. The van der Waals surface area contributed by atoms with Gasteiger partial charge in [0.15, 0.2) is 0 Å². The molecule has 0 spiro atoms. The van der Waals surface area contributed by atoms with Crippen LogP contribution in [0.5, 0.6) is 5.75 Å². The predicted octanol–water partition coefficient (Wildman–Crippen LogP) is 2.93. The van der Waals surface area contributed by atoms with Crippen LogP contribution in [0.1, 0.15) is 38.2 Å². The van der Waals surface area contributed by atoms with E-state index in [9.17, 15) is 4.79 Å². The topological polar surface area (TPSA) is 42.0 Å². The Bertz CT molecular complexity index is 599. The molecule has 0 N–H and O–H groups in total. The Morgan fingerprint density at radius 3 is 2.58 bits per heavy atom. The fraction of sp³-hybridized carbons (Fsp3) is 0.667. The van der Waals surface area contributed by atoms with E-state index in [0.717, 1.165) is 57.6 Å². The maximum absolute atomic E-state index is 13.0. The molecule has 1 saturated heterocycles. The lowest BCUT2D eigenvalue weighted by molar-refractivity contribution is -0.142. The molecule has 2 aliphatic rings. The second-order valence-corrected chi connectivity index (χ2v) is 7.68. The minimum Gasteiger partial charge on any atom is -0.497 e. The van der Waals surface area contributed by atoms with E-state index in [1.807, 2.05) is 12.1 Å². The number of benzene rings is 1. The number of piperazine rings is 1. The highest BCUT2D eigenvalue weighted by molar-refractivity contribution is 5.79. The van der Waals surface area contributed by atoms with Crippen molar-refractivity contribution in [1.82, 2.24) is 9.80 Å². The van der Waals surface area contributed by atoms with Crippen LogP contribution in [0.2, 0.25) is 0 Å². The molecule has 1 aromatic carbocycles. The zero-order valence-corrected chi connectivity index (χ0v) is 16.3. The zero-order valence-electron chi connectivity index (χ0n) is 16.3. The molecule has 0 aromatic heterocycles. The molecule has 2 fully saturated rings. The van der Waals surface area contributed by atoms with Crippen molar-refractivity contribution in [3.8, 4) is 5.75 Å². The Hall–Kier alpha value is -1.59. The van der Waals surface area contributed by atoms with Gasteiger partial charge in [0, 0.05) is 45.2 Å². The van der Waals surface area contributed by atoms with Gasteiger partial charge >= 0.3 is 0 Å². The van der Waals surface area contributed by atoms with Gasteiger partial charge in [0.2, 0.25) is 5.91 Å². The van der Waals surface area contributed by atoms with E-state index in [1.165, 1.54) is 5.56 Å². The second kappa shape index (κ2) is 8.87. The molecule has 5 heteroatoms. The SMILES string of the molecule is COc1cccc(CN2CCN(C(=O)C3CCC(OC)CC3)[C@@H](C)C2)c1. The van der Waals surface area contributed by atoms with Crippen molar-refractivity contribution in [2.45, 2.75) is 51.3 Å². The van der Waals surface area contributed by atoms with Crippen LogP contribution in [0, 0.1) is 5.92 Å². The van der Waals surface area contributed by atoms with Crippen molar-refractivity contribution < 1.29 is 14.3 Å². The van der Waals surface area contributed by atoms with Crippen LogP contribution in [-0.4, -0.2) is 61.7 Å². The van der Waals surface area contributed by atoms with Crippen molar-refractivity contribution in [1.29, 1.82) is 0 Å². The Morgan fingerprint density at radius 1 is 1.15 bits per heavy atom. The van der Waals surface area contributed by atoms with Crippen LogP contribution in [0.15, 0.2) is 24.3 Å². The second-order valence-electron chi connectivity index (χ2n) is 7.68. The molecule has 1 aliphatic carbocycles. The number of carbonyl (C=O) groups is 1. The van der Waals surface area contributed by atoms with Crippen molar-refractivity contribution in [3.05, 3.63) is 29.8 Å². The van der Waals surface area contributed by atoms with Crippen LogP contribution in [0.25, 0.3) is 0 Å². The first kappa shape index (κ1) is 19.2. The lowest BCUT2D eigenvalue weighted by Gasteiger charge is -2.42. The lowest BCUT2D eigenvalue weighted by atomic mass is 9.86. The number of carbonyl (C=O) groups excluding carboxylic acids is 1. The van der Waals surface area contributed by atoms with E-state index in [-0.39, 0.29) is 12.0 Å². The van der Waals surface area contributed by atoms with E-state index in [1.54, 1.807) is 14.2 Å². The molecular formula is C21H32N2O3. The monoisotopic (exact) mass is 360 g/mol. The largest absolute Gasteiger partial charge is 0.497 e. The van der Waals surface area contributed by atoms with Crippen LogP contribution >= 0.6 is 0 Å². The Morgan fingerprint density at radius 2 is 1.92 bits per heavy atom. The van der Waals surface area contributed by atoms with E-state index in [2.05, 4.69) is 28.9 Å². The molecule has 1 heterocycles. The van der Waals surface area contributed by atoms with Gasteiger partial charge in [-0.3, -0.25) is 9.69 Å².